The lowest BCUT2D eigenvalue weighted by Crippen LogP contribution is -2.74. The molecule has 2 aliphatic heterocycles. The van der Waals surface area contributed by atoms with E-state index in [-0.39, 0.29) is 47.6 Å². The first kappa shape index (κ1) is 38.7. The van der Waals surface area contributed by atoms with Crippen LogP contribution < -0.4 is 31.1 Å². The highest BCUT2D eigenvalue weighted by atomic mass is 35.5. The summed E-state index contributed by atoms with van der Waals surface area (Å²) in [7, 11) is 0. The molecule has 3 heterocycles. The zero-order valence-electron chi connectivity index (χ0n) is 31.1. The third kappa shape index (κ3) is 8.38. The molecule has 54 heavy (non-hydrogen) atoms. The van der Waals surface area contributed by atoms with Crippen LogP contribution in [0.1, 0.15) is 62.5 Å². The number of rotatable bonds is 13. The van der Waals surface area contributed by atoms with E-state index in [1.165, 1.54) is 12.3 Å². The number of carbonyl (C=O) groups is 3. The predicted octanol–water partition coefficient (Wildman–Crippen LogP) is 3.61. The number of benzene rings is 2. The molecule has 3 fully saturated rings. The Balaban J connectivity index is 0.890. The van der Waals surface area contributed by atoms with Crippen molar-refractivity contribution in [3.63, 3.8) is 0 Å². The second-order valence-electron chi connectivity index (χ2n) is 15.2. The quantitative estimate of drug-likeness (QED) is 0.172. The minimum atomic E-state index is -0.785. The van der Waals surface area contributed by atoms with Crippen LogP contribution >= 0.6 is 11.6 Å². The van der Waals surface area contributed by atoms with Gasteiger partial charge in [-0.05, 0) is 42.8 Å². The van der Waals surface area contributed by atoms with Crippen LogP contribution in [0.15, 0.2) is 59.5 Å². The number of piperidine rings is 1. The van der Waals surface area contributed by atoms with Crippen LogP contribution in [-0.4, -0.2) is 97.0 Å². The van der Waals surface area contributed by atoms with E-state index in [0.717, 1.165) is 43.1 Å². The van der Waals surface area contributed by atoms with Crippen LogP contribution in [0.2, 0.25) is 5.02 Å². The number of hydrogen-bond donors (Lipinski definition) is 3. The van der Waals surface area contributed by atoms with Gasteiger partial charge in [0.1, 0.15) is 24.0 Å². The number of ether oxygens (including phenoxy) is 2. The molecule has 2 saturated heterocycles. The van der Waals surface area contributed by atoms with Crippen molar-refractivity contribution in [2.24, 2.45) is 10.8 Å². The first-order chi connectivity index (χ1) is 25.8. The molecule has 1 saturated carbocycles. The number of nitrogens with one attached hydrogen (secondary N) is 3. The first-order valence-corrected chi connectivity index (χ1v) is 18.6. The van der Waals surface area contributed by atoms with Crippen LogP contribution in [0, 0.1) is 22.2 Å². The molecule has 3 aliphatic rings. The van der Waals surface area contributed by atoms with E-state index in [9.17, 15) is 24.4 Å². The lowest BCUT2D eigenvalue weighted by molar-refractivity contribution is -0.164. The van der Waals surface area contributed by atoms with Crippen LogP contribution in [0.4, 0.5) is 11.4 Å². The number of nitriles is 1. The van der Waals surface area contributed by atoms with Crippen molar-refractivity contribution in [3.8, 4) is 11.8 Å². The predicted molar refractivity (Wildman–Crippen MR) is 204 cm³/mol. The Morgan fingerprint density at radius 3 is 2.39 bits per heavy atom. The summed E-state index contributed by atoms with van der Waals surface area (Å²) >= 11 is 6.23. The molecule has 2 aromatic carbocycles. The fourth-order valence-electron chi connectivity index (χ4n) is 8.09. The molecule has 6 rings (SSSR count). The number of imide groups is 1. The van der Waals surface area contributed by atoms with Crippen LogP contribution in [0.25, 0.3) is 0 Å². The Labute approximate surface area is 319 Å². The van der Waals surface area contributed by atoms with Crippen molar-refractivity contribution in [3.05, 3.63) is 81.2 Å². The highest BCUT2D eigenvalue weighted by Crippen LogP contribution is 2.55. The van der Waals surface area contributed by atoms with Gasteiger partial charge in [0.15, 0.2) is 0 Å². The number of piperazine rings is 1. The van der Waals surface area contributed by atoms with Crippen LogP contribution in [0.3, 0.4) is 0 Å². The number of anilines is 2. The van der Waals surface area contributed by atoms with Gasteiger partial charge in [-0.3, -0.25) is 29.4 Å². The summed E-state index contributed by atoms with van der Waals surface area (Å²) in [4.78, 5) is 54.1. The Kier molecular flexibility index (Phi) is 11.6. The average molecular weight is 759 g/mol. The molecule has 15 heteroatoms. The molecule has 1 aliphatic carbocycles. The minimum absolute atomic E-state index is 0.124. The number of hydrogen-bond acceptors (Lipinski definition) is 11. The maximum Gasteiger partial charge on any atom is 0.269 e. The monoisotopic (exact) mass is 758 g/mol. The number of amides is 3. The number of halogens is 1. The normalized spacial score (nSPS) is 22.1. The van der Waals surface area contributed by atoms with Gasteiger partial charge in [-0.2, -0.15) is 10.4 Å². The van der Waals surface area contributed by atoms with E-state index in [0.29, 0.717) is 47.3 Å². The maximum absolute atomic E-state index is 13.4. The maximum atomic E-state index is 13.4. The largest absolute Gasteiger partial charge is 0.489 e. The van der Waals surface area contributed by atoms with Crippen molar-refractivity contribution < 1.29 is 23.9 Å². The van der Waals surface area contributed by atoms with Gasteiger partial charge < -0.3 is 25.0 Å². The Hall–Kier alpha value is -4.97. The molecular formula is C39H47ClN8O6. The standard InChI is InChI=1S/C39H47ClN8O6/c1-38(2)36(39(3,4)37(38)54-29-10-7-26(23-41)30(40)22-29)45-34(51)25-5-8-28(9-6-25)47-16-14-46(15-17-47)18-20-53-19-13-42-27-21-33(50)48(43-24-27)31-11-12-32(49)44-35(31)52/h5-10,21-22,24,31,36-37,42H,11-20H2,1-4H3,(H,45,51)(H,44,49,52)/t31?,36-,37-. The zero-order valence-corrected chi connectivity index (χ0v) is 31.8. The van der Waals surface area contributed by atoms with Crippen LogP contribution in [-0.2, 0) is 14.3 Å². The summed E-state index contributed by atoms with van der Waals surface area (Å²) in [6.45, 7) is 14.2. The van der Waals surface area contributed by atoms with E-state index in [2.05, 4.69) is 64.6 Å². The van der Waals surface area contributed by atoms with E-state index in [4.69, 9.17) is 21.1 Å². The molecule has 0 radical (unpaired) electrons. The van der Waals surface area contributed by atoms with Gasteiger partial charge in [0, 0.05) is 85.9 Å². The van der Waals surface area contributed by atoms with E-state index in [1.807, 2.05) is 24.3 Å². The van der Waals surface area contributed by atoms with Crippen molar-refractivity contribution in [1.82, 2.24) is 25.3 Å². The Bertz CT molecular complexity index is 1950. The van der Waals surface area contributed by atoms with Crippen molar-refractivity contribution in [2.75, 3.05) is 62.7 Å². The van der Waals surface area contributed by atoms with Crippen LogP contribution in [0.5, 0.6) is 5.75 Å². The van der Waals surface area contributed by atoms with E-state index < -0.39 is 17.5 Å². The van der Waals surface area contributed by atoms with E-state index in [1.54, 1.807) is 18.2 Å². The SMILES string of the molecule is CC1(C)[C@H](NC(=O)c2ccc(N3CCN(CCOCCNc4cnn(C5CCC(=O)NC5=O)c(=O)c4)CC3)cc2)C(C)(C)[C@H]1Oc1ccc(C#N)c(Cl)c1. The summed E-state index contributed by atoms with van der Waals surface area (Å²) in [5.74, 6) is -0.384. The summed E-state index contributed by atoms with van der Waals surface area (Å²) in [6, 6.07) is 15.4. The molecule has 1 aromatic heterocycles. The Morgan fingerprint density at radius 1 is 1.02 bits per heavy atom. The van der Waals surface area contributed by atoms with Gasteiger partial charge >= 0.3 is 0 Å². The van der Waals surface area contributed by atoms with Crippen molar-refractivity contribution in [2.45, 2.75) is 58.7 Å². The van der Waals surface area contributed by atoms with Gasteiger partial charge in [-0.15, -0.1) is 0 Å². The fourth-order valence-corrected chi connectivity index (χ4v) is 8.30. The molecule has 1 atom stereocenters. The number of carbonyl (C=O) groups excluding carboxylic acids is 3. The second kappa shape index (κ2) is 16.2. The lowest BCUT2D eigenvalue weighted by atomic mass is 9.49. The zero-order chi connectivity index (χ0) is 38.6. The van der Waals surface area contributed by atoms with Gasteiger partial charge in [-0.25, -0.2) is 4.68 Å². The topological polar surface area (TPSA) is 171 Å². The van der Waals surface area contributed by atoms with Crippen molar-refractivity contribution in [1.29, 1.82) is 5.26 Å². The van der Waals surface area contributed by atoms with Gasteiger partial charge in [-0.1, -0.05) is 39.3 Å². The summed E-state index contributed by atoms with van der Waals surface area (Å²) < 4.78 is 13.3. The van der Waals surface area contributed by atoms with Gasteiger partial charge in [0.05, 0.1) is 35.7 Å². The van der Waals surface area contributed by atoms with Gasteiger partial charge in [0.25, 0.3) is 17.4 Å². The summed E-state index contributed by atoms with van der Waals surface area (Å²) in [5, 5.41) is 22.3. The number of nitrogens with zero attached hydrogens (tertiary/aromatic N) is 5. The molecule has 1 unspecified atom stereocenters. The highest BCUT2D eigenvalue weighted by molar-refractivity contribution is 6.31. The highest BCUT2D eigenvalue weighted by Gasteiger charge is 2.64. The second-order valence-corrected chi connectivity index (χ2v) is 15.6. The number of aromatic nitrogens is 2. The molecule has 286 valence electrons. The molecule has 3 N–H and O–H groups in total. The lowest BCUT2D eigenvalue weighted by Gasteiger charge is -2.63. The smallest absolute Gasteiger partial charge is 0.269 e. The minimum Gasteiger partial charge on any atom is -0.489 e. The molecule has 3 amide bonds. The summed E-state index contributed by atoms with van der Waals surface area (Å²) in [6.07, 6.45) is 1.73. The third-order valence-electron chi connectivity index (χ3n) is 10.8. The van der Waals surface area contributed by atoms with Crippen molar-refractivity contribution >= 4 is 40.7 Å². The fraction of sp³-hybridized carbons (Fsp3) is 0.487. The first-order valence-electron chi connectivity index (χ1n) is 18.3. The molecule has 3 aromatic rings. The Morgan fingerprint density at radius 2 is 1.74 bits per heavy atom. The average Bonchev–Trinajstić information content (AvgIpc) is 3.15. The molecule has 0 bridgehead atoms. The van der Waals surface area contributed by atoms with Gasteiger partial charge in [0.2, 0.25) is 5.91 Å². The molecule has 14 nitrogen and oxygen atoms in total. The third-order valence-corrected chi connectivity index (χ3v) is 11.1. The molecular weight excluding hydrogens is 712 g/mol. The summed E-state index contributed by atoms with van der Waals surface area (Å²) in [5.41, 5.74) is 1.50. The van der Waals surface area contributed by atoms with E-state index >= 15 is 0 Å². The molecule has 0 spiro atoms.